The molecule has 1 atom stereocenters. The van der Waals surface area contributed by atoms with E-state index in [0.717, 1.165) is 16.7 Å². The number of carbonyl (C=O) groups excluding carboxylic acids is 2. The Kier molecular flexibility index (Phi) is 8.44. The van der Waals surface area contributed by atoms with Crippen LogP contribution >= 0.6 is 0 Å². The standard InChI is InChI=1S/C27H30N2O3/c1-3-28-27(31)25(18-22-12-6-4-7-13-22)29(19-23-14-8-5-9-15-23)26(30)20-32-24-16-10-11-21(2)17-24/h4-17,25H,3,18-20H2,1-2H3,(H,28,31)/t25-/m0/s1. The molecule has 0 aliphatic carbocycles. The molecular formula is C27H30N2O3. The van der Waals surface area contributed by atoms with E-state index in [0.29, 0.717) is 25.3 Å². The number of aryl methyl sites for hydroxylation is 1. The maximum atomic E-state index is 13.4. The molecule has 166 valence electrons. The summed E-state index contributed by atoms with van der Waals surface area (Å²) in [5.41, 5.74) is 3.01. The van der Waals surface area contributed by atoms with Gasteiger partial charge in [0.1, 0.15) is 11.8 Å². The molecule has 3 aromatic carbocycles. The van der Waals surface area contributed by atoms with Crippen LogP contribution in [0.5, 0.6) is 5.75 Å². The minimum atomic E-state index is -0.647. The van der Waals surface area contributed by atoms with Crippen molar-refractivity contribution in [3.8, 4) is 5.75 Å². The molecule has 0 aromatic heterocycles. The van der Waals surface area contributed by atoms with E-state index in [4.69, 9.17) is 4.74 Å². The summed E-state index contributed by atoms with van der Waals surface area (Å²) >= 11 is 0. The van der Waals surface area contributed by atoms with Crippen LogP contribution in [0.1, 0.15) is 23.6 Å². The molecule has 0 saturated carbocycles. The van der Waals surface area contributed by atoms with Gasteiger partial charge in [0, 0.05) is 19.5 Å². The van der Waals surface area contributed by atoms with Gasteiger partial charge in [-0.15, -0.1) is 0 Å². The second-order valence-corrected chi connectivity index (χ2v) is 7.71. The number of nitrogens with one attached hydrogen (secondary N) is 1. The average molecular weight is 431 g/mol. The number of nitrogens with zero attached hydrogens (tertiary/aromatic N) is 1. The summed E-state index contributed by atoms with van der Waals surface area (Å²) in [7, 11) is 0. The van der Waals surface area contributed by atoms with Crippen molar-refractivity contribution in [3.63, 3.8) is 0 Å². The summed E-state index contributed by atoms with van der Waals surface area (Å²) in [4.78, 5) is 28.1. The lowest BCUT2D eigenvalue weighted by Crippen LogP contribution is -2.51. The van der Waals surface area contributed by atoms with Gasteiger partial charge < -0.3 is 15.0 Å². The molecule has 3 rings (SSSR count). The second-order valence-electron chi connectivity index (χ2n) is 7.71. The first-order chi connectivity index (χ1) is 15.6. The first kappa shape index (κ1) is 23.1. The normalized spacial score (nSPS) is 11.4. The number of rotatable bonds is 10. The molecule has 3 aromatic rings. The van der Waals surface area contributed by atoms with Gasteiger partial charge in [-0.2, -0.15) is 0 Å². The van der Waals surface area contributed by atoms with Gasteiger partial charge >= 0.3 is 0 Å². The summed E-state index contributed by atoms with van der Waals surface area (Å²) in [6.45, 7) is 4.53. The smallest absolute Gasteiger partial charge is 0.261 e. The number of ether oxygens (including phenoxy) is 1. The van der Waals surface area contributed by atoms with Crippen molar-refractivity contribution in [2.45, 2.75) is 32.9 Å². The zero-order valence-electron chi connectivity index (χ0n) is 18.7. The summed E-state index contributed by atoms with van der Waals surface area (Å²) in [6, 6.07) is 26.4. The Morgan fingerprint density at radius 3 is 2.19 bits per heavy atom. The molecule has 0 radical (unpaired) electrons. The molecule has 0 unspecified atom stereocenters. The molecule has 5 heteroatoms. The fraction of sp³-hybridized carbons (Fsp3) is 0.259. The summed E-state index contributed by atoms with van der Waals surface area (Å²) in [6.07, 6.45) is 0.426. The third-order valence-electron chi connectivity index (χ3n) is 5.17. The maximum absolute atomic E-state index is 13.4. The fourth-order valence-electron chi connectivity index (χ4n) is 3.56. The highest BCUT2D eigenvalue weighted by Gasteiger charge is 2.30. The quantitative estimate of drug-likeness (QED) is 0.526. The minimum absolute atomic E-state index is 0.138. The predicted molar refractivity (Wildman–Crippen MR) is 126 cm³/mol. The second kappa shape index (κ2) is 11.7. The number of amides is 2. The Morgan fingerprint density at radius 1 is 0.906 bits per heavy atom. The molecule has 0 aliphatic heterocycles. The van der Waals surface area contributed by atoms with Gasteiger partial charge in [-0.25, -0.2) is 0 Å². The zero-order chi connectivity index (χ0) is 22.8. The summed E-state index contributed by atoms with van der Waals surface area (Å²) in [5.74, 6) is 0.231. The van der Waals surface area contributed by atoms with E-state index < -0.39 is 6.04 Å². The van der Waals surface area contributed by atoms with Crippen molar-refractivity contribution in [2.24, 2.45) is 0 Å². The van der Waals surface area contributed by atoms with Crippen molar-refractivity contribution in [1.82, 2.24) is 10.2 Å². The Bertz CT molecular complexity index is 1010. The summed E-state index contributed by atoms with van der Waals surface area (Å²) in [5, 5.41) is 2.89. The van der Waals surface area contributed by atoms with Crippen LogP contribution in [-0.4, -0.2) is 35.9 Å². The Labute approximate surface area is 190 Å². The van der Waals surface area contributed by atoms with E-state index in [9.17, 15) is 9.59 Å². The minimum Gasteiger partial charge on any atom is -0.484 e. The van der Waals surface area contributed by atoms with Crippen LogP contribution in [0, 0.1) is 6.92 Å². The largest absolute Gasteiger partial charge is 0.484 e. The molecule has 2 amide bonds. The van der Waals surface area contributed by atoms with Crippen molar-refractivity contribution < 1.29 is 14.3 Å². The Balaban J connectivity index is 1.86. The monoisotopic (exact) mass is 430 g/mol. The Morgan fingerprint density at radius 2 is 1.56 bits per heavy atom. The molecule has 0 saturated heterocycles. The van der Waals surface area contributed by atoms with Gasteiger partial charge in [-0.3, -0.25) is 9.59 Å². The van der Waals surface area contributed by atoms with Gasteiger partial charge in [-0.1, -0.05) is 72.8 Å². The van der Waals surface area contributed by atoms with Crippen molar-refractivity contribution in [3.05, 3.63) is 102 Å². The van der Waals surface area contributed by atoms with Gasteiger partial charge in [0.05, 0.1) is 0 Å². The molecule has 0 fully saturated rings. The van der Waals surface area contributed by atoms with Gasteiger partial charge in [0.2, 0.25) is 5.91 Å². The number of carbonyl (C=O) groups is 2. The highest BCUT2D eigenvalue weighted by atomic mass is 16.5. The lowest BCUT2D eigenvalue weighted by molar-refractivity contribution is -0.142. The van der Waals surface area contributed by atoms with Crippen LogP contribution in [0.3, 0.4) is 0 Å². The molecule has 0 heterocycles. The lowest BCUT2D eigenvalue weighted by atomic mass is 10.0. The zero-order valence-corrected chi connectivity index (χ0v) is 18.7. The van der Waals surface area contributed by atoms with Gasteiger partial charge in [-0.05, 0) is 42.7 Å². The third kappa shape index (κ3) is 6.71. The van der Waals surface area contributed by atoms with Crippen molar-refractivity contribution in [2.75, 3.05) is 13.2 Å². The van der Waals surface area contributed by atoms with E-state index in [2.05, 4.69) is 5.32 Å². The van der Waals surface area contributed by atoms with Crippen molar-refractivity contribution >= 4 is 11.8 Å². The fourth-order valence-corrected chi connectivity index (χ4v) is 3.56. The summed E-state index contributed by atoms with van der Waals surface area (Å²) < 4.78 is 5.78. The van der Waals surface area contributed by atoms with E-state index in [-0.39, 0.29) is 18.4 Å². The highest BCUT2D eigenvalue weighted by molar-refractivity contribution is 5.88. The first-order valence-corrected chi connectivity index (χ1v) is 10.9. The number of benzene rings is 3. The average Bonchev–Trinajstić information content (AvgIpc) is 2.81. The van der Waals surface area contributed by atoms with Crippen LogP contribution in [0.25, 0.3) is 0 Å². The van der Waals surface area contributed by atoms with E-state index >= 15 is 0 Å². The first-order valence-electron chi connectivity index (χ1n) is 10.9. The lowest BCUT2D eigenvalue weighted by Gasteiger charge is -2.31. The third-order valence-corrected chi connectivity index (χ3v) is 5.17. The van der Waals surface area contributed by atoms with Crippen LogP contribution in [0.2, 0.25) is 0 Å². The van der Waals surface area contributed by atoms with E-state index in [1.807, 2.05) is 98.8 Å². The SMILES string of the molecule is CCNC(=O)[C@H](Cc1ccccc1)N(Cc1ccccc1)C(=O)COc1cccc(C)c1. The molecule has 0 aliphatic rings. The van der Waals surface area contributed by atoms with Crippen LogP contribution in [0.15, 0.2) is 84.9 Å². The van der Waals surface area contributed by atoms with Crippen LogP contribution < -0.4 is 10.1 Å². The van der Waals surface area contributed by atoms with Gasteiger partial charge in [0.25, 0.3) is 5.91 Å². The van der Waals surface area contributed by atoms with Crippen LogP contribution in [0.4, 0.5) is 0 Å². The number of likely N-dealkylation sites (N-methyl/N-ethyl adjacent to an activating group) is 1. The van der Waals surface area contributed by atoms with Gasteiger partial charge in [0.15, 0.2) is 6.61 Å². The Hall–Kier alpha value is -3.60. The molecule has 5 nitrogen and oxygen atoms in total. The van der Waals surface area contributed by atoms with E-state index in [1.54, 1.807) is 4.90 Å². The molecule has 0 bridgehead atoms. The topological polar surface area (TPSA) is 58.6 Å². The van der Waals surface area contributed by atoms with E-state index in [1.165, 1.54) is 0 Å². The molecule has 1 N–H and O–H groups in total. The molecule has 32 heavy (non-hydrogen) atoms. The molecular weight excluding hydrogens is 400 g/mol. The van der Waals surface area contributed by atoms with Crippen LogP contribution in [-0.2, 0) is 22.6 Å². The number of hydrogen-bond acceptors (Lipinski definition) is 3. The highest BCUT2D eigenvalue weighted by Crippen LogP contribution is 2.17. The molecule has 0 spiro atoms. The maximum Gasteiger partial charge on any atom is 0.261 e. The predicted octanol–water partition coefficient (Wildman–Crippen LogP) is 4.15. The van der Waals surface area contributed by atoms with Crippen molar-refractivity contribution in [1.29, 1.82) is 0 Å². The number of hydrogen-bond donors (Lipinski definition) is 1.